The van der Waals surface area contributed by atoms with Crippen molar-refractivity contribution in [3.63, 3.8) is 0 Å². The van der Waals surface area contributed by atoms with Crippen LogP contribution in [0, 0.1) is 0 Å². The third-order valence-electron chi connectivity index (χ3n) is 1.49. The van der Waals surface area contributed by atoms with Crippen LogP contribution in [0.25, 0.3) is 0 Å². The maximum absolute atomic E-state index is 11.1. The van der Waals surface area contributed by atoms with E-state index in [0.717, 1.165) is 5.56 Å². The van der Waals surface area contributed by atoms with E-state index in [-0.39, 0.29) is 10.7 Å². The highest BCUT2D eigenvalue weighted by Gasteiger charge is 2.06. The van der Waals surface area contributed by atoms with E-state index in [1.807, 2.05) is 18.5 Å². The Balaban J connectivity index is 2.32. The SMILES string of the molecule is CC(Br)C(=O)NCc1cc[nH]c1. The van der Waals surface area contributed by atoms with Crippen molar-refractivity contribution in [3.05, 3.63) is 24.0 Å². The van der Waals surface area contributed by atoms with Crippen LogP contribution < -0.4 is 5.32 Å². The zero-order chi connectivity index (χ0) is 8.97. The number of nitrogens with one attached hydrogen (secondary N) is 2. The van der Waals surface area contributed by atoms with E-state index >= 15 is 0 Å². The fraction of sp³-hybridized carbons (Fsp3) is 0.375. The summed E-state index contributed by atoms with van der Waals surface area (Å²) >= 11 is 3.18. The number of carbonyl (C=O) groups is 1. The minimum atomic E-state index is -0.128. The van der Waals surface area contributed by atoms with E-state index in [1.54, 1.807) is 6.92 Å². The minimum absolute atomic E-state index is 0.0104. The molecule has 0 radical (unpaired) electrons. The number of hydrogen-bond acceptors (Lipinski definition) is 1. The number of alkyl halides is 1. The Bertz CT molecular complexity index is 244. The van der Waals surface area contributed by atoms with Crippen LogP contribution in [0.5, 0.6) is 0 Å². The number of halogens is 1. The molecule has 0 spiro atoms. The maximum Gasteiger partial charge on any atom is 0.233 e. The largest absolute Gasteiger partial charge is 0.367 e. The first-order chi connectivity index (χ1) is 5.70. The summed E-state index contributed by atoms with van der Waals surface area (Å²) in [6, 6.07) is 1.93. The highest BCUT2D eigenvalue weighted by atomic mass is 79.9. The Morgan fingerprint density at radius 3 is 3.08 bits per heavy atom. The van der Waals surface area contributed by atoms with Gasteiger partial charge in [0.1, 0.15) is 0 Å². The molecule has 1 amide bonds. The number of hydrogen-bond donors (Lipinski definition) is 2. The average molecular weight is 231 g/mol. The van der Waals surface area contributed by atoms with Gasteiger partial charge in [0.2, 0.25) is 5.91 Å². The summed E-state index contributed by atoms with van der Waals surface area (Å²) in [5.41, 5.74) is 1.08. The molecule has 0 aliphatic heterocycles. The summed E-state index contributed by atoms with van der Waals surface area (Å²) in [4.78, 5) is 13.9. The van der Waals surface area contributed by atoms with Crippen molar-refractivity contribution in [3.8, 4) is 0 Å². The van der Waals surface area contributed by atoms with Crippen LogP contribution in [0.3, 0.4) is 0 Å². The molecule has 1 aromatic rings. The monoisotopic (exact) mass is 230 g/mol. The Kier molecular flexibility index (Phi) is 3.34. The molecule has 66 valence electrons. The molecule has 0 bridgehead atoms. The number of aromatic amines is 1. The number of rotatable bonds is 3. The summed E-state index contributed by atoms with van der Waals surface area (Å²) in [6.45, 7) is 2.38. The van der Waals surface area contributed by atoms with Gasteiger partial charge in [0, 0.05) is 18.9 Å². The van der Waals surface area contributed by atoms with Crippen molar-refractivity contribution in [2.24, 2.45) is 0 Å². The molecule has 3 nitrogen and oxygen atoms in total. The van der Waals surface area contributed by atoms with Crippen LogP contribution in [0.15, 0.2) is 18.5 Å². The molecule has 1 atom stereocenters. The molecule has 0 aromatic carbocycles. The van der Waals surface area contributed by atoms with Gasteiger partial charge in [0.15, 0.2) is 0 Å². The lowest BCUT2D eigenvalue weighted by Crippen LogP contribution is -2.28. The molecule has 0 aliphatic rings. The number of H-pyrrole nitrogens is 1. The van der Waals surface area contributed by atoms with E-state index in [9.17, 15) is 4.79 Å². The second kappa shape index (κ2) is 4.30. The first-order valence-electron chi connectivity index (χ1n) is 3.73. The zero-order valence-corrected chi connectivity index (χ0v) is 8.39. The van der Waals surface area contributed by atoms with Gasteiger partial charge >= 0.3 is 0 Å². The predicted molar refractivity (Wildman–Crippen MR) is 51.0 cm³/mol. The van der Waals surface area contributed by atoms with Gasteiger partial charge in [-0.3, -0.25) is 4.79 Å². The lowest BCUT2D eigenvalue weighted by Gasteiger charge is -2.04. The zero-order valence-electron chi connectivity index (χ0n) is 6.80. The maximum atomic E-state index is 11.1. The van der Waals surface area contributed by atoms with Crippen molar-refractivity contribution in [2.75, 3.05) is 0 Å². The number of amides is 1. The minimum Gasteiger partial charge on any atom is -0.367 e. The van der Waals surface area contributed by atoms with Gasteiger partial charge in [-0.1, -0.05) is 15.9 Å². The molecule has 2 N–H and O–H groups in total. The van der Waals surface area contributed by atoms with Crippen LogP contribution >= 0.6 is 15.9 Å². The molecule has 1 unspecified atom stereocenters. The van der Waals surface area contributed by atoms with E-state index in [2.05, 4.69) is 26.2 Å². The second-order valence-corrected chi connectivity index (χ2v) is 3.93. The Morgan fingerprint density at radius 2 is 2.58 bits per heavy atom. The van der Waals surface area contributed by atoms with Crippen molar-refractivity contribution in [1.82, 2.24) is 10.3 Å². The standard InChI is InChI=1S/C8H11BrN2O/c1-6(9)8(12)11-5-7-2-3-10-4-7/h2-4,6,10H,5H2,1H3,(H,11,12). The Hall–Kier alpha value is -0.770. The highest BCUT2D eigenvalue weighted by molar-refractivity contribution is 9.10. The molecule has 0 saturated carbocycles. The third kappa shape index (κ3) is 2.70. The molecule has 1 rings (SSSR count). The molecule has 0 fully saturated rings. The number of aromatic nitrogens is 1. The Morgan fingerprint density at radius 1 is 1.83 bits per heavy atom. The van der Waals surface area contributed by atoms with Gasteiger partial charge in [0.05, 0.1) is 4.83 Å². The molecule has 0 saturated heterocycles. The summed E-state index contributed by atoms with van der Waals surface area (Å²) in [6.07, 6.45) is 3.69. The Labute approximate surface area is 79.7 Å². The van der Waals surface area contributed by atoms with E-state index in [4.69, 9.17) is 0 Å². The van der Waals surface area contributed by atoms with Crippen LogP contribution in [0.2, 0.25) is 0 Å². The van der Waals surface area contributed by atoms with Gasteiger partial charge in [-0.15, -0.1) is 0 Å². The van der Waals surface area contributed by atoms with Gasteiger partial charge in [-0.05, 0) is 18.6 Å². The number of carbonyl (C=O) groups excluding carboxylic acids is 1. The van der Waals surface area contributed by atoms with E-state index in [1.165, 1.54) is 0 Å². The van der Waals surface area contributed by atoms with Crippen LogP contribution in [-0.4, -0.2) is 15.7 Å². The third-order valence-corrected chi connectivity index (χ3v) is 1.91. The summed E-state index contributed by atoms with van der Waals surface area (Å²) in [5.74, 6) is 0.0104. The lowest BCUT2D eigenvalue weighted by atomic mass is 10.3. The van der Waals surface area contributed by atoms with Gasteiger partial charge < -0.3 is 10.3 Å². The van der Waals surface area contributed by atoms with Crippen molar-refractivity contribution >= 4 is 21.8 Å². The van der Waals surface area contributed by atoms with E-state index in [0.29, 0.717) is 6.54 Å². The van der Waals surface area contributed by atoms with Crippen molar-refractivity contribution < 1.29 is 4.79 Å². The summed E-state index contributed by atoms with van der Waals surface area (Å²) in [7, 11) is 0. The first kappa shape index (κ1) is 9.32. The van der Waals surface area contributed by atoms with E-state index < -0.39 is 0 Å². The molecule has 1 aromatic heterocycles. The van der Waals surface area contributed by atoms with Gasteiger partial charge in [-0.25, -0.2) is 0 Å². The first-order valence-corrected chi connectivity index (χ1v) is 4.65. The van der Waals surface area contributed by atoms with Crippen molar-refractivity contribution in [1.29, 1.82) is 0 Å². The fourth-order valence-electron chi connectivity index (χ4n) is 0.798. The topological polar surface area (TPSA) is 44.9 Å². The van der Waals surface area contributed by atoms with Crippen LogP contribution in [0.4, 0.5) is 0 Å². The molecule has 0 aliphatic carbocycles. The van der Waals surface area contributed by atoms with Gasteiger partial charge in [0.25, 0.3) is 0 Å². The molecule has 4 heteroatoms. The molecule has 12 heavy (non-hydrogen) atoms. The average Bonchev–Trinajstić information content (AvgIpc) is 2.51. The van der Waals surface area contributed by atoms with Crippen LogP contribution in [0.1, 0.15) is 12.5 Å². The summed E-state index contributed by atoms with van der Waals surface area (Å²) < 4.78 is 0. The smallest absolute Gasteiger partial charge is 0.233 e. The quantitative estimate of drug-likeness (QED) is 0.759. The highest BCUT2D eigenvalue weighted by Crippen LogP contribution is 1.99. The second-order valence-electron chi connectivity index (χ2n) is 2.55. The normalized spacial score (nSPS) is 12.5. The molecule has 1 heterocycles. The lowest BCUT2D eigenvalue weighted by molar-refractivity contribution is -0.120. The fourth-order valence-corrected chi connectivity index (χ4v) is 0.960. The van der Waals surface area contributed by atoms with Gasteiger partial charge in [-0.2, -0.15) is 0 Å². The van der Waals surface area contributed by atoms with Crippen molar-refractivity contribution in [2.45, 2.75) is 18.3 Å². The predicted octanol–water partition coefficient (Wildman–Crippen LogP) is 1.41. The van der Waals surface area contributed by atoms with Crippen LogP contribution in [-0.2, 0) is 11.3 Å². The molecular formula is C8H11BrN2O. The summed E-state index contributed by atoms with van der Waals surface area (Å²) in [5, 5.41) is 2.78. The molecular weight excluding hydrogens is 220 g/mol.